The quantitative estimate of drug-likeness (QED) is 0.279. The van der Waals surface area contributed by atoms with Crippen molar-refractivity contribution in [2.75, 3.05) is 31.2 Å². The van der Waals surface area contributed by atoms with Gasteiger partial charge in [-0.3, -0.25) is 4.98 Å². The molecule has 0 radical (unpaired) electrons. The third-order valence-corrected chi connectivity index (χ3v) is 6.34. The predicted octanol–water partition coefficient (Wildman–Crippen LogP) is 4.96. The molecule has 7 nitrogen and oxygen atoms in total. The summed E-state index contributed by atoms with van der Waals surface area (Å²) in [6.07, 6.45) is 0.669. The first kappa shape index (κ1) is 25.3. The molecule has 1 saturated heterocycles. The van der Waals surface area contributed by atoms with E-state index in [0.29, 0.717) is 33.5 Å². The van der Waals surface area contributed by atoms with Crippen molar-refractivity contribution in [3.05, 3.63) is 65.5 Å². The van der Waals surface area contributed by atoms with E-state index in [1.807, 2.05) is 18.2 Å². The van der Waals surface area contributed by atoms with Gasteiger partial charge in [-0.05, 0) is 29.8 Å². The summed E-state index contributed by atoms with van der Waals surface area (Å²) in [5, 5.41) is 20.5. The van der Waals surface area contributed by atoms with Gasteiger partial charge in [-0.15, -0.1) is 0 Å². The topological polar surface area (TPSA) is 95.1 Å². The maximum Gasteiger partial charge on any atom is 0.345 e. The number of alkyl halides is 3. The Bertz CT molecular complexity index is 1270. The molecule has 11 heteroatoms. The fraction of sp³-hybridized carbons (Fsp3) is 0.280. The highest BCUT2D eigenvalue weighted by atomic mass is 32.2. The fourth-order valence-corrected chi connectivity index (χ4v) is 4.52. The molecule has 1 aliphatic heterocycles. The van der Waals surface area contributed by atoms with Gasteiger partial charge in [-0.25, -0.2) is 9.37 Å². The van der Waals surface area contributed by atoms with Crippen LogP contribution < -0.4 is 9.64 Å². The molecule has 0 atom stereocenters. The molecule has 184 valence electrons. The number of thioether (sulfide) groups is 1. The Labute approximate surface area is 210 Å². The lowest BCUT2D eigenvalue weighted by Crippen LogP contribution is -2.49. The number of anilines is 1. The number of rotatable bonds is 10. The van der Waals surface area contributed by atoms with Crippen LogP contribution in [0.25, 0.3) is 11.1 Å². The van der Waals surface area contributed by atoms with Crippen LogP contribution in [0.4, 0.5) is 19.0 Å². The van der Waals surface area contributed by atoms with Gasteiger partial charge in [0.05, 0.1) is 31.0 Å². The van der Waals surface area contributed by atoms with Crippen LogP contribution in [-0.4, -0.2) is 49.1 Å². The van der Waals surface area contributed by atoms with E-state index in [1.54, 1.807) is 35.4 Å². The van der Waals surface area contributed by atoms with Gasteiger partial charge in [0.15, 0.2) is 0 Å². The number of halogens is 3. The van der Waals surface area contributed by atoms with Crippen molar-refractivity contribution in [3.8, 4) is 29.0 Å². The Morgan fingerprint density at radius 2 is 1.81 bits per heavy atom. The highest BCUT2D eigenvalue weighted by Gasteiger charge is 2.32. The number of pyridine rings is 2. The van der Waals surface area contributed by atoms with Gasteiger partial charge in [-0.2, -0.15) is 19.3 Å². The molecule has 0 saturated carbocycles. The number of hydrogen-bond acceptors (Lipinski definition) is 8. The summed E-state index contributed by atoms with van der Waals surface area (Å²) in [7, 11) is 0. The van der Waals surface area contributed by atoms with Gasteiger partial charge in [0.1, 0.15) is 47.1 Å². The molecule has 0 unspecified atom stereocenters. The number of benzene rings is 1. The van der Waals surface area contributed by atoms with Gasteiger partial charge in [0.2, 0.25) is 0 Å². The summed E-state index contributed by atoms with van der Waals surface area (Å²) in [5.41, 5.74) is 2.17. The maximum absolute atomic E-state index is 13.7. The van der Waals surface area contributed by atoms with E-state index in [1.165, 1.54) is 11.8 Å². The van der Waals surface area contributed by atoms with Crippen LogP contribution in [0.15, 0.2) is 53.7 Å². The fourth-order valence-electron chi connectivity index (χ4n) is 3.62. The minimum absolute atomic E-state index is 0.0658. The molecule has 1 fully saturated rings. The molecular weight excluding hydrogens is 491 g/mol. The SMILES string of the molecule is N#Cc1c(SCc2ccccn2)nc(N2CC(F)C2)c(C#N)c1-c1ccc(OCCOC(F)F)cc1. The van der Waals surface area contributed by atoms with Gasteiger partial charge >= 0.3 is 6.61 Å². The summed E-state index contributed by atoms with van der Waals surface area (Å²) in [4.78, 5) is 10.6. The van der Waals surface area contributed by atoms with Gasteiger partial charge in [0.25, 0.3) is 0 Å². The van der Waals surface area contributed by atoms with E-state index in [4.69, 9.17) is 4.74 Å². The summed E-state index contributed by atoms with van der Waals surface area (Å²) >= 11 is 1.31. The monoisotopic (exact) mass is 511 g/mol. The number of nitriles is 2. The Hall–Kier alpha value is -3.80. The van der Waals surface area contributed by atoms with Gasteiger partial charge < -0.3 is 14.4 Å². The van der Waals surface area contributed by atoms with Crippen LogP contribution in [0, 0.1) is 22.7 Å². The van der Waals surface area contributed by atoms with Gasteiger partial charge in [-0.1, -0.05) is 30.0 Å². The van der Waals surface area contributed by atoms with Crippen LogP contribution in [0.2, 0.25) is 0 Å². The van der Waals surface area contributed by atoms with E-state index in [-0.39, 0.29) is 37.4 Å². The Morgan fingerprint density at radius 1 is 1.06 bits per heavy atom. The lowest BCUT2D eigenvalue weighted by atomic mass is 9.95. The molecule has 0 bridgehead atoms. The van der Waals surface area contributed by atoms with E-state index in [9.17, 15) is 23.7 Å². The minimum Gasteiger partial charge on any atom is -0.491 e. The first-order valence-corrected chi connectivity index (χ1v) is 11.9. The molecular formula is C25H20F3N5O2S. The molecule has 0 amide bonds. The zero-order valence-corrected chi connectivity index (χ0v) is 19.7. The van der Waals surface area contributed by atoms with Crippen molar-refractivity contribution in [2.24, 2.45) is 0 Å². The second-order valence-electron chi connectivity index (χ2n) is 7.71. The van der Waals surface area contributed by atoms with Gasteiger partial charge in [0, 0.05) is 17.5 Å². The van der Waals surface area contributed by atoms with Crippen molar-refractivity contribution >= 4 is 17.6 Å². The van der Waals surface area contributed by atoms with Crippen molar-refractivity contribution < 1.29 is 22.6 Å². The second kappa shape index (κ2) is 11.8. The van der Waals surface area contributed by atoms with Crippen LogP contribution in [0.1, 0.15) is 16.8 Å². The normalized spacial score (nSPS) is 13.2. The smallest absolute Gasteiger partial charge is 0.345 e. The first-order valence-electron chi connectivity index (χ1n) is 10.9. The maximum atomic E-state index is 13.7. The predicted molar refractivity (Wildman–Crippen MR) is 127 cm³/mol. The van der Waals surface area contributed by atoms with E-state index < -0.39 is 12.8 Å². The standard InChI is InChI=1S/C25H20F3N5O2S/c26-17-13-33(14-17)23-20(11-29)22(16-4-6-19(7-5-16)34-9-10-35-25(27)28)21(12-30)24(32-23)36-15-18-3-1-2-8-31-18/h1-8,17,25H,9-10,13-15H2. The third-order valence-electron chi connectivity index (χ3n) is 5.33. The number of ether oxygens (including phenoxy) is 2. The Morgan fingerprint density at radius 3 is 2.42 bits per heavy atom. The van der Waals surface area contributed by atoms with Crippen LogP contribution in [-0.2, 0) is 10.5 Å². The molecule has 36 heavy (non-hydrogen) atoms. The highest BCUT2D eigenvalue weighted by Crippen LogP contribution is 2.40. The van der Waals surface area contributed by atoms with E-state index >= 15 is 0 Å². The van der Waals surface area contributed by atoms with Crippen molar-refractivity contribution in [1.29, 1.82) is 10.5 Å². The molecule has 2 aromatic heterocycles. The Kier molecular flexibility index (Phi) is 8.26. The van der Waals surface area contributed by atoms with Crippen LogP contribution in [0.5, 0.6) is 5.75 Å². The largest absolute Gasteiger partial charge is 0.491 e. The molecule has 4 rings (SSSR count). The van der Waals surface area contributed by atoms with Crippen molar-refractivity contribution in [2.45, 2.75) is 23.6 Å². The van der Waals surface area contributed by atoms with E-state index in [2.05, 4.69) is 26.8 Å². The number of nitrogens with zero attached hydrogens (tertiary/aromatic N) is 5. The molecule has 3 heterocycles. The zero-order chi connectivity index (χ0) is 25.5. The van der Waals surface area contributed by atoms with E-state index in [0.717, 1.165) is 5.69 Å². The molecule has 0 aliphatic carbocycles. The summed E-state index contributed by atoms with van der Waals surface area (Å²) in [5.74, 6) is 1.19. The molecule has 1 aliphatic rings. The highest BCUT2D eigenvalue weighted by molar-refractivity contribution is 7.98. The summed E-state index contributed by atoms with van der Waals surface area (Å²) in [6, 6.07) is 16.4. The molecule has 0 spiro atoms. The second-order valence-corrected chi connectivity index (χ2v) is 8.67. The minimum atomic E-state index is -2.87. The van der Waals surface area contributed by atoms with Crippen molar-refractivity contribution in [1.82, 2.24) is 9.97 Å². The average Bonchev–Trinajstić information content (AvgIpc) is 2.88. The molecule has 1 aromatic carbocycles. The summed E-state index contributed by atoms with van der Waals surface area (Å²) < 4.78 is 47.4. The first-order chi connectivity index (χ1) is 17.5. The lowest BCUT2D eigenvalue weighted by molar-refractivity contribution is -0.133. The summed E-state index contributed by atoms with van der Waals surface area (Å²) in [6.45, 7) is -2.97. The number of aromatic nitrogens is 2. The van der Waals surface area contributed by atoms with Crippen molar-refractivity contribution in [3.63, 3.8) is 0 Å². The average molecular weight is 512 g/mol. The van der Waals surface area contributed by atoms with Crippen LogP contribution in [0.3, 0.4) is 0 Å². The zero-order valence-electron chi connectivity index (χ0n) is 18.9. The molecule has 3 aromatic rings. The number of hydrogen-bond donors (Lipinski definition) is 0. The van der Waals surface area contributed by atoms with Crippen LogP contribution >= 0.6 is 11.8 Å². The third kappa shape index (κ3) is 5.88. The Balaban J connectivity index is 1.69. The lowest BCUT2D eigenvalue weighted by Gasteiger charge is -2.36. The molecule has 0 N–H and O–H groups in total.